The van der Waals surface area contributed by atoms with Crippen LogP contribution in [0.25, 0.3) is 0 Å². The molecule has 8 N–H and O–H groups in total. The third-order valence-corrected chi connectivity index (χ3v) is 12.4. The van der Waals surface area contributed by atoms with Gasteiger partial charge in [-0.1, -0.05) is 213 Å². The van der Waals surface area contributed by atoms with Gasteiger partial charge in [0.2, 0.25) is 5.91 Å². The zero-order chi connectivity index (χ0) is 43.4. The summed E-state index contributed by atoms with van der Waals surface area (Å²) in [6, 6.07) is -1.06. The summed E-state index contributed by atoms with van der Waals surface area (Å²) in [5.74, 6) is -0.663. The molecule has 1 saturated heterocycles. The lowest BCUT2D eigenvalue weighted by Gasteiger charge is -2.40. The Morgan fingerprint density at radius 3 is 1.31 bits per heavy atom. The minimum absolute atomic E-state index is 0.0313. The summed E-state index contributed by atoms with van der Waals surface area (Å²) < 4.78 is 11.1. The van der Waals surface area contributed by atoms with Crippen LogP contribution >= 0.6 is 0 Å². The first-order chi connectivity index (χ1) is 28.7. The number of aliphatic hydroxyl groups is 7. The van der Waals surface area contributed by atoms with Crippen LogP contribution in [0.2, 0.25) is 0 Å². The normalized spacial score (nSPS) is 21.7. The fourth-order valence-corrected chi connectivity index (χ4v) is 8.26. The Balaban J connectivity index is 2.38. The molecule has 1 aliphatic heterocycles. The minimum Gasteiger partial charge on any atom is -0.394 e. The second-order valence-electron chi connectivity index (χ2n) is 17.9. The van der Waals surface area contributed by atoms with Gasteiger partial charge >= 0.3 is 0 Å². The Hall–Kier alpha value is -0.890. The van der Waals surface area contributed by atoms with E-state index in [0.717, 1.165) is 38.5 Å². The van der Waals surface area contributed by atoms with Crippen molar-refractivity contribution < 1.29 is 50.0 Å². The predicted molar refractivity (Wildman–Crippen MR) is 238 cm³/mol. The van der Waals surface area contributed by atoms with Gasteiger partial charge in [0.15, 0.2) is 6.29 Å². The number of aliphatic hydroxyl groups excluding tert-OH is 7. The van der Waals surface area contributed by atoms with E-state index in [1.54, 1.807) is 0 Å². The maximum absolute atomic E-state index is 13.1. The fourth-order valence-electron chi connectivity index (χ4n) is 8.26. The Kier molecular flexibility index (Phi) is 36.9. The molecule has 1 amide bonds. The summed E-state index contributed by atoms with van der Waals surface area (Å²) in [5.41, 5.74) is 0. The Morgan fingerprint density at radius 1 is 0.542 bits per heavy atom. The van der Waals surface area contributed by atoms with Gasteiger partial charge in [0.25, 0.3) is 0 Å². The van der Waals surface area contributed by atoms with E-state index in [4.69, 9.17) is 9.47 Å². The molecule has 0 spiro atoms. The second kappa shape index (κ2) is 38.8. The molecule has 352 valence electrons. The molecule has 1 rings (SSSR count). The van der Waals surface area contributed by atoms with Gasteiger partial charge in [0, 0.05) is 6.42 Å². The van der Waals surface area contributed by atoms with Crippen molar-refractivity contribution in [2.24, 2.45) is 0 Å². The molecule has 59 heavy (non-hydrogen) atoms. The molecule has 1 fully saturated rings. The fraction of sp³-hybridized carbons (Fsp3) is 0.979. The summed E-state index contributed by atoms with van der Waals surface area (Å²) >= 11 is 0. The Morgan fingerprint density at radius 2 is 0.915 bits per heavy atom. The average Bonchev–Trinajstić information content (AvgIpc) is 3.23. The third-order valence-electron chi connectivity index (χ3n) is 12.4. The number of ether oxygens (including phenoxy) is 2. The molecule has 0 aliphatic carbocycles. The van der Waals surface area contributed by atoms with Gasteiger partial charge in [0.05, 0.1) is 31.5 Å². The van der Waals surface area contributed by atoms with Crippen LogP contribution in [0.15, 0.2) is 0 Å². The molecule has 1 aliphatic rings. The highest BCUT2D eigenvalue weighted by atomic mass is 16.7. The molecule has 0 aromatic carbocycles. The zero-order valence-corrected chi connectivity index (χ0v) is 38.0. The first-order valence-corrected chi connectivity index (χ1v) is 24.9. The number of hydrogen-bond acceptors (Lipinski definition) is 10. The van der Waals surface area contributed by atoms with E-state index in [1.807, 2.05) is 0 Å². The maximum Gasteiger partial charge on any atom is 0.249 e. The number of nitrogens with one attached hydrogen (secondary N) is 1. The van der Waals surface area contributed by atoms with Crippen molar-refractivity contribution in [3.63, 3.8) is 0 Å². The van der Waals surface area contributed by atoms with Crippen LogP contribution in [-0.2, 0) is 14.3 Å². The molecule has 11 heteroatoms. The minimum atomic E-state index is -1.64. The predicted octanol–water partition coefficient (Wildman–Crippen LogP) is 8.67. The quantitative estimate of drug-likeness (QED) is 0.0276. The first-order valence-electron chi connectivity index (χ1n) is 24.9. The third kappa shape index (κ3) is 29.2. The number of amides is 1. The van der Waals surface area contributed by atoms with E-state index in [2.05, 4.69) is 19.2 Å². The Labute approximate surface area is 360 Å². The van der Waals surface area contributed by atoms with Gasteiger partial charge in [-0.05, 0) is 12.8 Å². The summed E-state index contributed by atoms with van der Waals surface area (Å²) in [6.45, 7) is 3.52. The van der Waals surface area contributed by atoms with E-state index in [1.165, 1.54) is 154 Å². The van der Waals surface area contributed by atoms with Crippen molar-refractivity contribution >= 4 is 5.91 Å². The van der Waals surface area contributed by atoms with Crippen LogP contribution < -0.4 is 5.32 Å². The number of rotatable bonds is 42. The van der Waals surface area contributed by atoms with Gasteiger partial charge in [0.1, 0.15) is 30.5 Å². The van der Waals surface area contributed by atoms with E-state index in [9.17, 15) is 40.5 Å². The van der Waals surface area contributed by atoms with E-state index >= 15 is 0 Å². The smallest absolute Gasteiger partial charge is 0.249 e. The topological polar surface area (TPSA) is 189 Å². The van der Waals surface area contributed by atoms with Crippen molar-refractivity contribution in [2.75, 3.05) is 13.2 Å². The highest BCUT2D eigenvalue weighted by molar-refractivity contribution is 5.80. The van der Waals surface area contributed by atoms with Crippen molar-refractivity contribution in [3.8, 4) is 0 Å². The van der Waals surface area contributed by atoms with Crippen LogP contribution in [0, 0.1) is 0 Å². The largest absolute Gasteiger partial charge is 0.394 e. The summed E-state index contributed by atoms with van der Waals surface area (Å²) in [6.07, 6.45) is 28.5. The van der Waals surface area contributed by atoms with Crippen LogP contribution in [0.5, 0.6) is 0 Å². The number of carbonyl (C=O) groups excluding carboxylic acids is 1. The maximum atomic E-state index is 13.1. The number of unbranched alkanes of at least 4 members (excludes halogenated alkanes) is 29. The van der Waals surface area contributed by atoms with Crippen molar-refractivity contribution in [3.05, 3.63) is 0 Å². The van der Waals surface area contributed by atoms with E-state index in [-0.39, 0.29) is 19.4 Å². The average molecular weight is 846 g/mol. The SMILES string of the molecule is CCCCCCCCCCCCCCCCCCCCC[C@@H](O)C(=O)N[C@H](CO[C@@H]1O[C@H](CO)[C@@H](O)[C@H](O)[C@H]1O)[C@H](O)C[C@H](O)CCCCCCCCCCCCCC. The molecule has 0 unspecified atom stereocenters. The molecule has 0 bridgehead atoms. The first kappa shape index (κ1) is 56.1. The van der Waals surface area contributed by atoms with E-state index in [0.29, 0.717) is 12.8 Å². The highest BCUT2D eigenvalue weighted by Gasteiger charge is 2.44. The van der Waals surface area contributed by atoms with Gasteiger partial charge in [-0.2, -0.15) is 0 Å². The van der Waals surface area contributed by atoms with Gasteiger partial charge in [-0.3, -0.25) is 4.79 Å². The second-order valence-corrected chi connectivity index (χ2v) is 17.9. The Bertz CT molecular complexity index is 928. The highest BCUT2D eigenvalue weighted by Crippen LogP contribution is 2.23. The van der Waals surface area contributed by atoms with Gasteiger partial charge in [-0.15, -0.1) is 0 Å². The molecule has 0 aromatic rings. The lowest BCUT2D eigenvalue weighted by atomic mass is 9.98. The van der Waals surface area contributed by atoms with E-state index < -0.39 is 67.6 Å². The molecule has 11 nitrogen and oxygen atoms in total. The van der Waals surface area contributed by atoms with Gasteiger partial charge in [-0.25, -0.2) is 0 Å². The number of hydrogen-bond donors (Lipinski definition) is 8. The molecule has 0 aromatic heterocycles. The lowest BCUT2D eigenvalue weighted by molar-refractivity contribution is -0.302. The van der Waals surface area contributed by atoms with Crippen molar-refractivity contribution in [2.45, 2.75) is 287 Å². The molecular formula is C48H95NO10. The van der Waals surface area contributed by atoms with Crippen LogP contribution in [0.4, 0.5) is 0 Å². The molecule has 1 heterocycles. The molecule has 9 atom stereocenters. The summed E-state index contributed by atoms with van der Waals surface area (Å²) in [4.78, 5) is 13.1. The van der Waals surface area contributed by atoms with Crippen molar-refractivity contribution in [1.29, 1.82) is 0 Å². The summed E-state index contributed by atoms with van der Waals surface area (Å²) in [7, 11) is 0. The molecule has 0 saturated carbocycles. The molecular weight excluding hydrogens is 751 g/mol. The molecule has 0 radical (unpaired) electrons. The van der Waals surface area contributed by atoms with Crippen LogP contribution in [0.1, 0.15) is 232 Å². The zero-order valence-electron chi connectivity index (χ0n) is 38.0. The van der Waals surface area contributed by atoms with Crippen LogP contribution in [0.3, 0.4) is 0 Å². The van der Waals surface area contributed by atoms with Crippen molar-refractivity contribution in [1.82, 2.24) is 5.32 Å². The van der Waals surface area contributed by atoms with Crippen LogP contribution in [-0.4, -0.2) is 110 Å². The number of carbonyl (C=O) groups is 1. The monoisotopic (exact) mass is 846 g/mol. The lowest BCUT2D eigenvalue weighted by Crippen LogP contribution is -2.60. The van der Waals surface area contributed by atoms with Gasteiger partial charge < -0.3 is 50.5 Å². The standard InChI is InChI=1S/C48H95NO10/c1-3-5-7-9-11-13-15-17-18-19-20-21-22-23-25-27-29-31-33-35-41(52)47(57)49-40(38-58-48-46(56)45(55)44(54)43(37-50)59-48)42(53)36-39(51)34-32-30-28-26-24-16-14-12-10-8-6-4-2/h39-46,48,50-56H,3-38H2,1-2H3,(H,49,57)/t39-,40-,41-,42-,43-,44-,45+,46-,48-/m1/s1. The summed E-state index contributed by atoms with van der Waals surface area (Å²) in [5, 5.41) is 75.6.